The van der Waals surface area contributed by atoms with Crippen molar-refractivity contribution in [2.75, 3.05) is 26.2 Å². The predicted octanol–water partition coefficient (Wildman–Crippen LogP) is 3.12. The first-order valence-corrected chi connectivity index (χ1v) is 8.57. The molecule has 2 fully saturated rings. The van der Waals surface area contributed by atoms with E-state index in [1.165, 1.54) is 50.8 Å². The van der Waals surface area contributed by atoms with Gasteiger partial charge in [-0.2, -0.15) is 0 Å². The van der Waals surface area contributed by atoms with Gasteiger partial charge in [0.05, 0.1) is 6.61 Å². The third kappa shape index (κ3) is 2.58. The second kappa shape index (κ2) is 5.62. The van der Waals surface area contributed by atoms with Crippen LogP contribution in [-0.2, 0) is 0 Å². The average Bonchev–Trinajstić information content (AvgIpc) is 2.55. The van der Waals surface area contributed by atoms with E-state index in [0.717, 1.165) is 25.3 Å². The number of nitrogens with one attached hydrogen (secondary N) is 1. The highest BCUT2D eigenvalue weighted by atomic mass is 16.5. The van der Waals surface area contributed by atoms with E-state index in [1.807, 2.05) is 0 Å². The van der Waals surface area contributed by atoms with Crippen LogP contribution < -0.4 is 10.1 Å². The molecule has 2 heterocycles. The number of hydrogen-bond donors (Lipinski definition) is 1. The summed E-state index contributed by atoms with van der Waals surface area (Å²) in [5, 5.41) is 3.85. The average molecular weight is 286 g/mol. The quantitative estimate of drug-likeness (QED) is 0.858. The molecule has 1 aliphatic carbocycles. The Morgan fingerprint density at radius 2 is 2.00 bits per heavy atom. The molecular formula is C18H26N2O. The van der Waals surface area contributed by atoms with Crippen LogP contribution in [0.1, 0.15) is 50.1 Å². The molecule has 1 aromatic rings. The van der Waals surface area contributed by atoms with Crippen molar-refractivity contribution in [1.82, 2.24) is 10.2 Å². The molecular weight excluding hydrogens is 260 g/mol. The Morgan fingerprint density at radius 1 is 1.14 bits per heavy atom. The molecule has 1 N–H and O–H groups in total. The maximum atomic E-state index is 5.84. The Morgan fingerprint density at radius 3 is 2.90 bits per heavy atom. The second-order valence-electron chi connectivity index (χ2n) is 6.93. The zero-order valence-corrected chi connectivity index (χ0v) is 12.8. The van der Waals surface area contributed by atoms with E-state index in [0.29, 0.717) is 11.6 Å². The van der Waals surface area contributed by atoms with Gasteiger partial charge in [-0.25, -0.2) is 0 Å². The van der Waals surface area contributed by atoms with Crippen LogP contribution in [0.4, 0.5) is 0 Å². The molecule has 0 radical (unpaired) electrons. The number of nitrogens with zero attached hydrogens (tertiary/aromatic N) is 1. The zero-order chi connectivity index (χ0) is 14.1. The summed E-state index contributed by atoms with van der Waals surface area (Å²) in [5.74, 6) is 1.10. The highest BCUT2D eigenvalue weighted by molar-refractivity contribution is 5.37. The van der Waals surface area contributed by atoms with Crippen molar-refractivity contribution < 1.29 is 4.74 Å². The van der Waals surface area contributed by atoms with Crippen molar-refractivity contribution in [3.63, 3.8) is 0 Å². The zero-order valence-electron chi connectivity index (χ0n) is 12.8. The largest absolute Gasteiger partial charge is 0.493 e. The predicted molar refractivity (Wildman–Crippen MR) is 84.7 cm³/mol. The molecule has 2 aliphatic heterocycles. The van der Waals surface area contributed by atoms with Gasteiger partial charge in [0, 0.05) is 43.2 Å². The third-order valence-corrected chi connectivity index (χ3v) is 5.58. The number of piperazine rings is 1. The molecule has 114 valence electrons. The smallest absolute Gasteiger partial charge is 0.124 e. The molecule has 3 heteroatoms. The maximum Gasteiger partial charge on any atom is 0.124 e. The second-order valence-corrected chi connectivity index (χ2v) is 6.93. The normalized spacial score (nSPS) is 28.9. The van der Waals surface area contributed by atoms with E-state index in [4.69, 9.17) is 4.74 Å². The molecule has 1 saturated carbocycles. The van der Waals surface area contributed by atoms with Crippen LogP contribution in [0.25, 0.3) is 0 Å². The van der Waals surface area contributed by atoms with Gasteiger partial charge in [0.1, 0.15) is 5.75 Å². The van der Waals surface area contributed by atoms with Crippen LogP contribution in [0.5, 0.6) is 5.75 Å². The first-order chi connectivity index (χ1) is 10.4. The SMILES string of the molecule is c1ccc2c(c1)OCCC2N1CCNC2(CCCCC2)C1. The first-order valence-electron chi connectivity index (χ1n) is 8.57. The number of benzene rings is 1. The Bertz CT molecular complexity index is 490. The van der Waals surface area contributed by atoms with Crippen LogP contribution in [-0.4, -0.2) is 36.7 Å². The minimum Gasteiger partial charge on any atom is -0.493 e. The summed E-state index contributed by atoms with van der Waals surface area (Å²) in [7, 11) is 0. The van der Waals surface area contributed by atoms with Crippen molar-refractivity contribution in [1.29, 1.82) is 0 Å². The summed E-state index contributed by atoms with van der Waals surface area (Å²) in [6.45, 7) is 4.38. The molecule has 1 aromatic carbocycles. The third-order valence-electron chi connectivity index (χ3n) is 5.58. The van der Waals surface area contributed by atoms with Gasteiger partial charge in [-0.05, 0) is 18.9 Å². The van der Waals surface area contributed by atoms with Crippen molar-refractivity contribution in [2.45, 2.75) is 50.1 Å². The fraction of sp³-hybridized carbons (Fsp3) is 0.667. The summed E-state index contributed by atoms with van der Waals surface area (Å²) in [5.41, 5.74) is 1.79. The summed E-state index contributed by atoms with van der Waals surface area (Å²) in [6.07, 6.45) is 8.05. The van der Waals surface area contributed by atoms with Crippen LogP contribution in [0.2, 0.25) is 0 Å². The molecule has 3 nitrogen and oxygen atoms in total. The number of fused-ring (bicyclic) bond motifs is 1. The van der Waals surface area contributed by atoms with Gasteiger partial charge in [-0.15, -0.1) is 0 Å². The summed E-state index contributed by atoms with van der Waals surface area (Å²) >= 11 is 0. The van der Waals surface area contributed by atoms with E-state index in [2.05, 4.69) is 34.5 Å². The summed E-state index contributed by atoms with van der Waals surface area (Å²) in [6, 6.07) is 9.17. The maximum absolute atomic E-state index is 5.84. The molecule has 0 amide bonds. The molecule has 1 atom stereocenters. The van der Waals surface area contributed by atoms with Gasteiger partial charge in [-0.3, -0.25) is 4.90 Å². The van der Waals surface area contributed by atoms with Gasteiger partial charge in [0.15, 0.2) is 0 Å². The van der Waals surface area contributed by atoms with E-state index >= 15 is 0 Å². The van der Waals surface area contributed by atoms with Crippen LogP contribution in [0, 0.1) is 0 Å². The Hall–Kier alpha value is -1.06. The summed E-state index contributed by atoms with van der Waals surface area (Å²) in [4.78, 5) is 2.73. The minimum absolute atomic E-state index is 0.393. The molecule has 3 aliphatic rings. The van der Waals surface area contributed by atoms with Gasteiger partial charge in [-0.1, -0.05) is 37.5 Å². The number of hydrogen-bond acceptors (Lipinski definition) is 3. The lowest BCUT2D eigenvalue weighted by molar-refractivity contribution is 0.0510. The molecule has 0 aromatic heterocycles. The lowest BCUT2D eigenvalue weighted by Crippen LogP contribution is -2.61. The van der Waals surface area contributed by atoms with Gasteiger partial charge >= 0.3 is 0 Å². The first kappa shape index (κ1) is 13.6. The van der Waals surface area contributed by atoms with Crippen molar-refractivity contribution in [3.05, 3.63) is 29.8 Å². The standard InChI is InChI=1S/C18H26N2O/c1-4-9-18(10-5-1)14-20(12-11-19-18)16-8-13-21-17-7-3-2-6-15(16)17/h2-3,6-7,16,19H,1,4-5,8-14H2. The van der Waals surface area contributed by atoms with Crippen molar-refractivity contribution in [2.24, 2.45) is 0 Å². The van der Waals surface area contributed by atoms with E-state index < -0.39 is 0 Å². The highest BCUT2D eigenvalue weighted by Gasteiger charge is 2.39. The van der Waals surface area contributed by atoms with E-state index in [-0.39, 0.29) is 0 Å². The molecule has 4 rings (SSSR count). The molecule has 1 saturated heterocycles. The van der Waals surface area contributed by atoms with E-state index in [9.17, 15) is 0 Å². The number of para-hydroxylation sites is 1. The fourth-order valence-corrected chi connectivity index (χ4v) is 4.52. The highest BCUT2D eigenvalue weighted by Crippen LogP contribution is 2.39. The molecule has 1 spiro atoms. The minimum atomic E-state index is 0.393. The van der Waals surface area contributed by atoms with Crippen molar-refractivity contribution >= 4 is 0 Å². The topological polar surface area (TPSA) is 24.5 Å². The Kier molecular flexibility index (Phi) is 3.64. The lowest BCUT2D eigenvalue weighted by atomic mass is 9.79. The van der Waals surface area contributed by atoms with Crippen LogP contribution in [0.3, 0.4) is 0 Å². The van der Waals surface area contributed by atoms with Crippen molar-refractivity contribution in [3.8, 4) is 5.75 Å². The van der Waals surface area contributed by atoms with Crippen LogP contribution >= 0.6 is 0 Å². The van der Waals surface area contributed by atoms with Gasteiger partial charge in [0.25, 0.3) is 0 Å². The number of rotatable bonds is 1. The molecule has 0 bridgehead atoms. The molecule has 1 unspecified atom stereocenters. The lowest BCUT2D eigenvalue weighted by Gasteiger charge is -2.49. The van der Waals surface area contributed by atoms with Gasteiger partial charge < -0.3 is 10.1 Å². The Labute approximate surface area is 127 Å². The summed E-state index contributed by atoms with van der Waals surface area (Å²) < 4.78 is 5.84. The molecule has 21 heavy (non-hydrogen) atoms. The monoisotopic (exact) mass is 286 g/mol. The number of ether oxygens (including phenoxy) is 1. The van der Waals surface area contributed by atoms with Gasteiger partial charge in [0.2, 0.25) is 0 Å². The van der Waals surface area contributed by atoms with E-state index in [1.54, 1.807) is 0 Å². The Balaban J connectivity index is 1.56. The van der Waals surface area contributed by atoms with Crippen LogP contribution in [0.15, 0.2) is 24.3 Å². The fourth-order valence-electron chi connectivity index (χ4n) is 4.52.